The molecular formula is C14H24N2O2S. The van der Waals surface area contributed by atoms with E-state index in [0.29, 0.717) is 11.4 Å². The van der Waals surface area contributed by atoms with Crippen molar-refractivity contribution in [2.45, 2.75) is 51.1 Å². The third-order valence-corrected chi connectivity index (χ3v) is 5.98. The smallest absolute Gasteiger partial charge is 0.243 e. The number of nitrogens with two attached hydrogens (primary N) is 1. The van der Waals surface area contributed by atoms with Crippen LogP contribution in [0, 0.1) is 6.92 Å². The zero-order valence-corrected chi connectivity index (χ0v) is 13.2. The van der Waals surface area contributed by atoms with Crippen molar-refractivity contribution in [1.29, 1.82) is 0 Å². The topological polar surface area (TPSA) is 63.4 Å². The summed E-state index contributed by atoms with van der Waals surface area (Å²) in [6, 6.07) is 5.11. The first-order chi connectivity index (χ1) is 8.66. The van der Waals surface area contributed by atoms with E-state index >= 15 is 0 Å². The van der Waals surface area contributed by atoms with Crippen molar-refractivity contribution in [1.82, 2.24) is 4.31 Å². The van der Waals surface area contributed by atoms with Gasteiger partial charge in [-0.05, 0) is 50.5 Å². The summed E-state index contributed by atoms with van der Waals surface area (Å²) in [5.41, 5.74) is 7.07. The minimum atomic E-state index is -3.46. The quantitative estimate of drug-likeness (QED) is 0.902. The highest BCUT2D eigenvalue weighted by Crippen LogP contribution is 2.26. The van der Waals surface area contributed by atoms with Gasteiger partial charge in [-0.1, -0.05) is 13.0 Å². The highest BCUT2D eigenvalue weighted by molar-refractivity contribution is 7.89. The summed E-state index contributed by atoms with van der Waals surface area (Å²) in [5, 5.41) is 0. The third-order valence-electron chi connectivity index (χ3n) is 3.91. The van der Waals surface area contributed by atoms with E-state index in [1.165, 1.54) is 4.31 Å². The first kappa shape index (κ1) is 16.1. The lowest BCUT2D eigenvalue weighted by Gasteiger charge is -2.33. The van der Waals surface area contributed by atoms with Gasteiger partial charge in [-0.3, -0.25) is 0 Å². The maximum absolute atomic E-state index is 12.6. The number of hydrogen-bond donors (Lipinski definition) is 1. The van der Waals surface area contributed by atoms with E-state index in [0.717, 1.165) is 17.5 Å². The Morgan fingerprint density at radius 1 is 1.32 bits per heavy atom. The molecule has 0 aliphatic heterocycles. The fraction of sp³-hybridized carbons (Fsp3) is 0.571. The van der Waals surface area contributed by atoms with Gasteiger partial charge in [-0.15, -0.1) is 0 Å². The van der Waals surface area contributed by atoms with Crippen molar-refractivity contribution in [2.24, 2.45) is 5.73 Å². The Kier molecular flexibility index (Phi) is 4.76. The summed E-state index contributed by atoms with van der Waals surface area (Å²) < 4.78 is 26.6. The van der Waals surface area contributed by atoms with Crippen LogP contribution in [0.3, 0.4) is 0 Å². The van der Waals surface area contributed by atoms with Gasteiger partial charge in [0.2, 0.25) is 10.0 Å². The number of rotatable bonds is 5. The molecule has 0 atom stereocenters. The maximum Gasteiger partial charge on any atom is 0.243 e. The summed E-state index contributed by atoms with van der Waals surface area (Å²) in [6.45, 7) is 8.13. The molecule has 1 aromatic carbocycles. The van der Waals surface area contributed by atoms with E-state index < -0.39 is 15.6 Å². The number of aryl methyl sites for hydroxylation is 1. The van der Waals surface area contributed by atoms with Crippen LogP contribution in [-0.4, -0.2) is 25.3 Å². The largest absolute Gasteiger partial charge is 0.326 e. The molecule has 0 unspecified atom stereocenters. The van der Waals surface area contributed by atoms with Gasteiger partial charge in [-0.2, -0.15) is 4.31 Å². The first-order valence-electron chi connectivity index (χ1n) is 6.45. The predicted octanol–water partition coefficient (Wildman–Crippen LogP) is 2.26. The molecule has 0 aromatic heterocycles. The highest BCUT2D eigenvalue weighted by Gasteiger charge is 2.32. The standard InChI is InChI=1S/C14H24N2O2S/c1-6-14(3,4)16(5)19(17,18)13-8-7-12(10-15)11(2)9-13/h7-9H,6,10,15H2,1-5H3. The van der Waals surface area contributed by atoms with Crippen LogP contribution in [0.2, 0.25) is 0 Å². The Balaban J connectivity index is 3.25. The van der Waals surface area contributed by atoms with Gasteiger partial charge < -0.3 is 5.73 Å². The fourth-order valence-corrected chi connectivity index (χ4v) is 3.43. The highest BCUT2D eigenvalue weighted by atomic mass is 32.2. The summed E-state index contributed by atoms with van der Waals surface area (Å²) in [4.78, 5) is 0.325. The van der Waals surface area contributed by atoms with Crippen molar-refractivity contribution >= 4 is 10.0 Å². The predicted molar refractivity (Wildman–Crippen MR) is 78.4 cm³/mol. The van der Waals surface area contributed by atoms with Crippen molar-refractivity contribution in [2.75, 3.05) is 7.05 Å². The Morgan fingerprint density at radius 2 is 1.89 bits per heavy atom. The summed E-state index contributed by atoms with van der Waals surface area (Å²) >= 11 is 0. The van der Waals surface area contributed by atoms with E-state index in [1.54, 1.807) is 25.2 Å². The van der Waals surface area contributed by atoms with E-state index in [2.05, 4.69) is 0 Å². The SMILES string of the molecule is CCC(C)(C)N(C)S(=O)(=O)c1ccc(CN)c(C)c1. The Bertz CT molecular complexity index is 551. The normalized spacial score (nSPS) is 13.0. The maximum atomic E-state index is 12.6. The molecule has 2 N–H and O–H groups in total. The van der Waals surface area contributed by atoms with Crippen LogP contribution < -0.4 is 5.73 Å². The Morgan fingerprint density at radius 3 is 2.32 bits per heavy atom. The molecule has 0 saturated carbocycles. The van der Waals surface area contributed by atoms with Crippen molar-refractivity contribution < 1.29 is 8.42 Å². The van der Waals surface area contributed by atoms with Crippen LogP contribution in [0.25, 0.3) is 0 Å². The molecule has 1 rings (SSSR count). The minimum absolute atomic E-state index is 0.325. The molecule has 0 aliphatic rings. The van der Waals surface area contributed by atoms with Gasteiger partial charge >= 0.3 is 0 Å². The molecule has 108 valence electrons. The lowest BCUT2D eigenvalue weighted by Crippen LogP contribution is -2.44. The van der Waals surface area contributed by atoms with E-state index in [-0.39, 0.29) is 0 Å². The third kappa shape index (κ3) is 3.16. The van der Waals surface area contributed by atoms with Gasteiger partial charge in [0, 0.05) is 19.1 Å². The lowest BCUT2D eigenvalue weighted by atomic mass is 10.0. The van der Waals surface area contributed by atoms with E-state index in [9.17, 15) is 8.42 Å². The number of benzene rings is 1. The van der Waals surface area contributed by atoms with Crippen molar-refractivity contribution in [3.63, 3.8) is 0 Å². The molecule has 1 aromatic rings. The van der Waals surface area contributed by atoms with Crippen LogP contribution in [0.1, 0.15) is 38.3 Å². The molecular weight excluding hydrogens is 260 g/mol. The average molecular weight is 284 g/mol. The fourth-order valence-electron chi connectivity index (χ4n) is 1.76. The Hall–Kier alpha value is -0.910. The molecule has 0 spiro atoms. The van der Waals surface area contributed by atoms with Crippen molar-refractivity contribution in [3.8, 4) is 0 Å². The van der Waals surface area contributed by atoms with E-state index in [1.807, 2.05) is 27.7 Å². The molecule has 19 heavy (non-hydrogen) atoms. The molecule has 0 radical (unpaired) electrons. The van der Waals surface area contributed by atoms with Gasteiger partial charge in [0.1, 0.15) is 0 Å². The number of hydrogen-bond acceptors (Lipinski definition) is 3. The van der Waals surface area contributed by atoms with Crippen LogP contribution in [0.4, 0.5) is 0 Å². The summed E-state index contributed by atoms with van der Waals surface area (Å²) in [5.74, 6) is 0. The average Bonchev–Trinajstić information content (AvgIpc) is 2.37. The molecule has 0 fully saturated rings. The first-order valence-corrected chi connectivity index (χ1v) is 7.89. The van der Waals surface area contributed by atoms with E-state index in [4.69, 9.17) is 5.73 Å². The molecule has 5 heteroatoms. The summed E-state index contributed by atoms with van der Waals surface area (Å²) in [6.07, 6.45) is 0.753. The van der Waals surface area contributed by atoms with Crippen LogP contribution >= 0.6 is 0 Å². The summed E-state index contributed by atoms with van der Waals surface area (Å²) in [7, 11) is -1.83. The molecule has 4 nitrogen and oxygen atoms in total. The van der Waals surface area contributed by atoms with Crippen LogP contribution in [-0.2, 0) is 16.6 Å². The molecule has 0 amide bonds. The second-order valence-corrected chi connectivity index (χ2v) is 7.40. The van der Waals surface area contributed by atoms with Crippen LogP contribution in [0.15, 0.2) is 23.1 Å². The second-order valence-electron chi connectivity index (χ2n) is 5.43. The van der Waals surface area contributed by atoms with Crippen molar-refractivity contribution in [3.05, 3.63) is 29.3 Å². The van der Waals surface area contributed by atoms with Crippen LogP contribution in [0.5, 0.6) is 0 Å². The Labute approximate surface area is 116 Å². The van der Waals surface area contributed by atoms with Gasteiger partial charge in [0.05, 0.1) is 4.90 Å². The lowest BCUT2D eigenvalue weighted by molar-refractivity contribution is 0.257. The molecule has 0 bridgehead atoms. The second kappa shape index (κ2) is 5.61. The van der Waals surface area contributed by atoms with Gasteiger partial charge in [-0.25, -0.2) is 8.42 Å². The molecule has 0 saturated heterocycles. The molecule has 0 heterocycles. The number of sulfonamides is 1. The minimum Gasteiger partial charge on any atom is -0.326 e. The molecule has 0 aliphatic carbocycles. The zero-order chi connectivity index (χ0) is 14.8. The zero-order valence-electron chi connectivity index (χ0n) is 12.4. The van der Waals surface area contributed by atoms with Gasteiger partial charge in [0.15, 0.2) is 0 Å². The van der Waals surface area contributed by atoms with Gasteiger partial charge in [0.25, 0.3) is 0 Å². The number of nitrogens with zero attached hydrogens (tertiary/aromatic N) is 1. The monoisotopic (exact) mass is 284 g/mol.